The Bertz CT molecular complexity index is 1310. The average molecular weight is 598 g/mol. The van der Waals surface area contributed by atoms with Gasteiger partial charge >= 0.3 is 6.18 Å². The highest BCUT2D eigenvalue weighted by atomic mass is 19.4. The Balaban J connectivity index is 1.19. The van der Waals surface area contributed by atoms with Crippen molar-refractivity contribution in [1.82, 2.24) is 15.1 Å². The number of ether oxygens (including phenoxy) is 2. The van der Waals surface area contributed by atoms with Gasteiger partial charge in [-0.05, 0) is 62.5 Å². The van der Waals surface area contributed by atoms with Gasteiger partial charge in [0.25, 0.3) is 5.91 Å². The van der Waals surface area contributed by atoms with E-state index in [0.717, 1.165) is 0 Å². The van der Waals surface area contributed by atoms with E-state index in [0.29, 0.717) is 36.4 Å². The smallest absolute Gasteiger partial charge is 0.391 e. The number of carbonyl (C=O) groups excluding carboxylic acids is 3. The van der Waals surface area contributed by atoms with Crippen molar-refractivity contribution in [2.24, 2.45) is 11.8 Å². The number of nitrogens with one attached hydrogen (secondary N) is 1. The average Bonchev–Trinajstić information content (AvgIpc) is 3.62. The van der Waals surface area contributed by atoms with Crippen LogP contribution in [0.5, 0.6) is 5.75 Å². The number of amides is 2. The molecular weight excluding hydrogens is 562 g/mol. The third-order valence-corrected chi connectivity index (χ3v) is 8.15. The van der Waals surface area contributed by atoms with Gasteiger partial charge in [-0.2, -0.15) is 13.2 Å². The minimum Gasteiger partial charge on any atom is -0.492 e. The van der Waals surface area contributed by atoms with Crippen molar-refractivity contribution >= 4 is 28.6 Å². The minimum absolute atomic E-state index is 0.0146. The second-order valence-corrected chi connectivity index (χ2v) is 11.7. The molecule has 3 fully saturated rings. The molecule has 2 amide bonds. The molecule has 0 bridgehead atoms. The summed E-state index contributed by atoms with van der Waals surface area (Å²) in [4.78, 5) is 42.0. The lowest BCUT2D eigenvalue weighted by molar-refractivity contribution is -0.185. The predicted octanol–water partition coefficient (Wildman–Crippen LogP) is 3.75. The number of nitrogens with zero attached hydrogens (tertiary/aromatic N) is 2. The lowest BCUT2D eigenvalue weighted by Gasteiger charge is -2.32. The predicted molar refractivity (Wildman–Crippen MR) is 143 cm³/mol. The van der Waals surface area contributed by atoms with Crippen molar-refractivity contribution in [2.75, 3.05) is 39.4 Å². The molecule has 42 heavy (non-hydrogen) atoms. The summed E-state index contributed by atoms with van der Waals surface area (Å²) in [6.45, 7) is 4.76. The Kier molecular flexibility index (Phi) is 8.79. The van der Waals surface area contributed by atoms with E-state index >= 15 is 0 Å². The van der Waals surface area contributed by atoms with Crippen molar-refractivity contribution in [1.29, 1.82) is 0 Å². The van der Waals surface area contributed by atoms with E-state index in [2.05, 4.69) is 5.32 Å². The maximum Gasteiger partial charge on any atom is 0.391 e. The van der Waals surface area contributed by atoms with Crippen molar-refractivity contribution in [2.45, 2.75) is 63.6 Å². The highest BCUT2D eigenvalue weighted by Gasteiger charge is 2.53. The fourth-order valence-corrected chi connectivity index (χ4v) is 5.95. The molecule has 0 unspecified atom stereocenters. The van der Waals surface area contributed by atoms with Crippen LogP contribution in [0.1, 0.15) is 43.7 Å². The largest absolute Gasteiger partial charge is 0.492 e. The molecule has 13 heteroatoms. The fourth-order valence-electron chi connectivity index (χ4n) is 5.95. The van der Waals surface area contributed by atoms with Crippen LogP contribution in [0, 0.1) is 11.8 Å². The van der Waals surface area contributed by atoms with Gasteiger partial charge in [-0.15, -0.1) is 0 Å². The van der Waals surface area contributed by atoms with E-state index in [1.165, 1.54) is 11.0 Å². The van der Waals surface area contributed by atoms with Crippen LogP contribution in [0.25, 0.3) is 11.0 Å². The van der Waals surface area contributed by atoms with Gasteiger partial charge in [0.1, 0.15) is 48.9 Å². The third-order valence-electron chi connectivity index (χ3n) is 8.15. The van der Waals surface area contributed by atoms with Gasteiger partial charge in [0.15, 0.2) is 11.5 Å². The second kappa shape index (κ2) is 12.2. The lowest BCUT2D eigenvalue weighted by Crippen LogP contribution is -2.52. The first-order valence-corrected chi connectivity index (χ1v) is 14.3. The van der Waals surface area contributed by atoms with E-state index in [-0.39, 0.29) is 56.5 Å². The van der Waals surface area contributed by atoms with Crippen LogP contribution in [-0.4, -0.2) is 97.3 Å². The quantitative estimate of drug-likeness (QED) is 0.440. The number of fused-ring (bicyclic) bond motifs is 2. The molecule has 0 saturated carbocycles. The highest BCUT2D eigenvalue weighted by Crippen LogP contribution is 2.34. The first-order chi connectivity index (χ1) is 19.9. The van der Waals surface area contributed by atoms with Crippen LogP contribution in [-0.2, 0) is 14.3 Å². The van der Waals surface area contributed by atoms with E-state index in [1.807, 2.05) is 18.7 Å². The zero-order valence-corrected chi connectivity index (χ0v) is 23.5. The van der Waals surface area contributed by atoms with Gasteiger partial charge < -0.3 is 24.1 Å². The minimum atomic E-state index is -4.15. The third kappa shape index (κ3) is 6.56. The van der Waals surface area contributed by atoms with Crippen LogP contribution in [0.2, 0.25) is 0 Å². The number of piperidine rings is 1. The molecule has 0 radical (unpaired) electrons. The second-order valence-electron chi connectivity index (χ2n) is 11.7. The molecule has 230 valence electrons. The highest BCUT2D eigenvalue weighted by molar-refractivity contribution is 6.00. The zero-order valence-electron chi connectivity index (χ0n) is 23.5. The number of carbonyl (C=O) groups is 3. The van der Waals surface area contributed by atoms with E-state index in [4.69, 9.17) is 13.9 Å². The summed E-state index contributed by atoms with van der Waals surface area (Å²) in [5, 5.41) is 3.29. The van der Waals surface area contributed by atoms with Gasteiger partial charge in [0.05, 0.1) is 12.5 Å². The van der Waals surface area contributed by atoms with Crippen LogP contribution in [0.15, 0.2) is 28.7 Å². The summed E-state index contributed by atoms with van der Waals surface area (Å²) < 4.78 is 69.9. The van der Waals surface area contributed by atoms with E-state index in [9.17, 15) is 31.9 Å². The van der Waals surface area contributed by atoms with Crippen molar-refractivity contribution < 1.29 is 45.8 Å². The zero-order chi connectivity index (χ0) is 30.2. The number of alkyl halides is 4. The molecule has 3 saturated heterocycles. The Morgan fingerprint density at radius 2 is 1.90 bits per heavy atom. The molecule has 3 aliphatic rings. The van der Waals surface area contributed by atoms with E-state index in [1.54, 1.807) is 18.2 Å². The summed E-state index contributed by atoms with van der Waals surface area (Å²) in [6, 6.07) is 4.55. The summed E-state index contributed by atoms with van der Waals surface area (Å²) >= 11 is 0. The Labute approximate surface area is 240 Å². The summed E-state index contributed by atoms with van der Waals surface area (Å²) in [6.07, 6.45) is -6.16. The molecule has 1 aromatic carbocycles. The van der Waals surface area contributed by atoms with E-state index < -0.39 is 48.3 Å². The Morgan fingerprint density at radius 1 is 1.17 bits per heavy atom. The molecule has 4 atom stereocenters. The number of ketones is 1. The number of likely N-dealkylation sites (tertiary alicyclic amines) is 2. The molecular formula is C29H35F4N3O6. The van der Waals surface area contributed by atoms with Crippen molar-refractivity contribution in [3.05, 3.63) is 30.0 Å². The van der Waals surface area contributed by atoms with Crippen LogP contribution < -0.4 is 10.1 Å². The fraction of sp³-hybridized carbons (Fsp3) is 0.621. The topological polar surface area (TPSA) is 101 Å². The maximum absolute atomic E-state index is 14.5. The van der Waals surface area contributed by atoms with Crippen LogP contribution in [0.3, 0.4) is 0 Å². The Morgan fingerprint density at radius 3 is 2.60 bits per heavy atom. The first kappa shape index (κ1) is 30.3. The van der Waals surface area contributed by atoms with Gasteiger partial charge in [-0.3, -0.25) is 19.3 Å². The first-order valence-electron chi connectivity index (χ1n) is 14.3. The summed E-state index contributed by atoms with van der Waals surface area (Å²) in [5.41, 5.74) is 0.421. The number of furan rings is 1. The molecule has 5 rings (SSSR count). The van der Waals surface area contributed by atoms with Crippen LogP contribution in [0.4, 0.5) is 17.6 Å². The number of Topliss-reactive ketones (excluding diaryl/α,β-unsaturated/α-hetero) is 1. The van der Waals surface area contributed by atoms with Gasteiger partial charge in [-0.1, -0.05) is 13.8 Å². The van der Waals surface area contributed by atoms with Crippen LogP contribution >= 0.6 is 0 Å². The van der Waals surface area contributed by atoms with Crippen molar-refractivity contribution in [3.8, 4) is 5.75 Å². The normalized spacial score (nSPS) is 24.4. The van der Waals surface area contributed by atoms with Crippen molar-refractivity contribution in [3.63, 3.8) is 0 Å². The summed E-state index contributed by atoms with van der Waals surface area (Å²) in [7, 11) is 0. The monoisotopic (exact) mass is 597 g/mol. The molecule has 9 nitrogen and oxygen atoms in total. The molecule has 4 heterocycles. The van der Waals surface area contributed by atoms with Gasteiger partial charge in [0, 0.05) is 11.9 Å². The number of halogens is 4. The molecule has 2 aromatic rings. The van der Waals surface area contributed by atoms with Gasteiger partial charge in [0.2, 0.25) is 5.91 Å². The molecule has 3 aliphatic heterocycles. The molecule has 0 aliphatic carbocycles. The maximum atomic E-state index is 14.5. The molecule has 1 N–H and O–H groups in total. The summed E-state index contributed by atoms with van der Waals surface area (Å²) in [5.74, 6) is -2.27. The Hall–Kier alpha value is -3.19. The molecule has 1 aromatic heterocycles. The number of hydrogen-bond acceptors (Lipinski definition) is 7. The standard InChI is InChI=1S/C29H35F4N3O6/c1-16(2)11-21(28(39)36-14-20(30)26-25(36)22(37)15-41-26)34-27(38)24-13-17-12-19(3-4-23(17)42-24)40-10-9-35-7-5-18(6-8-35)29(31,32)33/h3-4,12-13,16,18,20-21,25-26H,5-11,14-15H2,1-2H3,(H,34,38)/t20-,21-,25+,26+/m0/s1. The number of hydrogen-bond donors (Lipinski definition) is 1. The lowest BCUT2D eigenvalue weighted by atomic mass is 9.96. The molecule has 0 spiro atoms. The SMILES string of the molecule is CC(C)C[C@H](NC(=O)c1cc2cc(OCCN3CCC(C(F)(F)F)CC3)ccc2o1)C(=O)N1C[C@H](F)[C@H]2OCC(=O)[C@H]21. The van der Waals surface area contributed by atoms with Gasteiger partial charge in [-0.25, -0.2) is 4.39 Å². The number of rotatable bonds is 9. The number of benzene rings is 1.